The Morgan fingerprint density at radius 3 is 1.05 bits per heavy atom. The van der Waals surface area contributed by atoms with E-state index in [1.165, 1.54) is 124 Å². The Bertz CT molecular complexity index is 155. The lowest BCUT2D eigenvalue weighted by Gasteiger charge is -2.03. The lowest BCUT2D eigenvalue weighted by molar-refractivity contribution is 0.548. The Hall–Kier alpha value is 0.390. The molecule has 2 heteroatoms. The first kappa shape index (κ1) is 24.6. The molecule has 0 aliphatic rings. The fourth-order valence-corrected chi connectivity index (χ4v) is 4.14. The van der Waals surface area contributed by atoms with Crippen molar-refractivity contribution in [3.63, 3.8) is 0 Å². The molecule has 0 aliphatic carbocycles. The zero-order valence-electron chi connectivity index (χ0n) is 15.7. The van der Waals surface area contributed by atoms with Gasteiger partial charge in [-0.2, -0.15) is 0 Å². The van der Waals surface area contributed by atoms with Crippen molar-refractivity contribution in [1.82, 2.24) is 0 Å². The van der Waals surface area contributed by atoms with E-state index in [4.69, 9.17) is 0 Å². The van der Waals surface area contributed by atoms with E-state index in [0.29, 0.717) is 0 Å². The molecule has 0 radical (unpaired) electrons. The quantitative estimate of drug-likeness (QED) is 0.189. The molecule has 0 rings (SSSR count). The summed E-state index contributed by atoms with van der Waals surface area (Å²) >= 11 is 0. The van der Waals surface area contributed by atoms with Gasteiger partial charge < -0.3 is 5.48 Å². The van der Waals surface area contributed by atoms with E-state index < -0.39 is 0 Å². The first-order chi connectivity index (χ1) is 10.4. The van der Waals surface area contributed by atoms with E-state index >= 15 is 0 Å². The molecule has 1 atom stereocenters. The Balaban J connectivity index is 0. The van der Waals surface area contributed by atoms with Crippen LogP contribution < -0.4 is 0 Å². The zero-order chi connectivity index (χ0) is 15.4. The molecule has 22 heavy (non-hydrogen) atoms. The van der Waals surface area contributed by atoms with Gasteiger partial charge in [-0.3, -0.25) is 0 Å². The zero-order valence-corrected chi connectivity index (χ0v) is 16.7. The van der Waals surface area contributed by atoms with E-state index in [1.807, 2.05) is 0 Å². The Morgan fingerprint density at radius 1 is 0.409 bits per heavy atom. The molecule has 1 unspecified atom stereocenters. The van der Waals surface area contributed by atoms with Crippen LogP contribution in [-0.2, 0) is 0 Å². The van der Waals surface area contributed by atoms with Crippen LogP contribution in [0.15, 0.2) is 0 Å². The molecule has 1 nitrogen and oxygen atoms in total. The third-order valence-corrected chi connectivity index (χ3v) is 5.83. The molecule has 0 saturated heterocycles. The highest BCUT2D eigenvalue weighted by Crippen LogP contribution is 2.18. The van der Waals surface area contributed by atoms with Gasteiger partial charge in [0.2, 0.25) is 0 Å². The minimum atomic E-state index is 0. The Labute approximate surface area is 143 Å². The first-order valence-corrected chi connectivity index (χ1v) is 11.5. The summed E-state index contributed by atoms with van der Waals surface area (Å²) in [5.41, 5.74) is 0. The summed E-state index contributed by atoms with van der Waals surface area (Å²) in [5, 5.41) is 0. The van der Waals surface area contributed by atoms with Gasteiger partial charge in [0.05, 0.1) is 0 Å². The largest absolute Gasteiger partial charge is 0.412 e. The van der Waals surface area contributed by atoms with Crippen molar-refractivity contribution >= 4 is 8.58 Å². The highest BCUT2D eigenvalue weighted by Gasteiger charge is 1.94. The monoisotopic (exact) mass is 332 g/mol. The molecular formula is C20H45OP. The second kappa shape index (κ2) is 23.7. The van der Waals surface area contributed by atoms with Crippen LogP contribution in [0.25, 0.3) is 0 Å². The minimum absolute atomic E-state index is 0. The predicted molar refractivity (Wildman–Crippen MR) is 107 cm³/mol. The molecule has 0 aromatic carbocycles. The molecule has 136 valence electrons. The predicted octanol–water partition coefficient (Wildman–Crippen LogP) is 7.12. The van der Waals surface area contributed by atoms with Crippen LogP contribution in [0, 0.1) is 0 Å². The van der Waals surface area contributed by atoms with Gasteiger partial charge in [-0.15, -0.1) is 8.58 Å². The highest BCUT2D eigenvalue weighted by molar-refractivity contribution is 7.37. The van der Waals surface area contributed by atoms with Crippen LogP contribution in [0.2, 0.25) is 0 Å². The summed E-state index contributed by atoms with van der Waals surface area (Å²) in [6.07, 6.45) is 26.5. The fourth-order valence-electron chi connectivity index (χ4n) is 2.89. The molecule has 0 aliphatic heterocycles. The van der Waals surface area contributed by atoms with E-state index in [9.17, 15) is 0 Å². The van der Waals surface area contributed by atoms with E-state index in [-0.39, 0.29) is 5.48 Å². The first-order valence-electron chi connectivity index (χ1n) is 10.1. The molecule has 2 N–H and O–H groups in total. The maximum atomic E-state index is 2.30. The SMILES string of the molecule is CCCCCCCCCCCCCCPCCCCCC.O. The summed E-state index contributed by atoms with van der Waals surface area (Å²) in [4.78, 5) is 0. The summed E-state index contributed by atoms with van der Waals surface area (Å²) in [6, 6.07) is 0. The molecule has 0 aromatic heterocycles. The fraction of sp³-hybridized carbons (Fsp3) is 1.00. The maximum Gasteiger partial charge on any atom is -0.0353 e. The molecule has 0 saturated carbocycles. The summed E-state index contributed by atoms with van der Waals surface area (Å²) in [7, 11) is 1.26. The Morgan fingerprint density at radius 2 is 0.682 bits per heavy atom. The maximum absolute atomic E-state index is 2.30. The molecule has 0 amide bonds. The van der Waals surface area contributed by atoms with Crippen LogP contribution in [0.1, 0.15) is 117 Å². The smallest absolute Gasteiger partial charge is 0.0353 e. The molecular weight excluding hydrogens is 287 g/mol. The van der Waals surface area contributed by atoms with Crippen LogP contribution in [0.3, 0.4) is 0 Å². The summed E-state index contributed by atoms with van der Waals surface area (Å²) in [5.74, 6) is 0. The van der Waals surface area contributed by atoms with Crippen molar-refractivity contribution < 1.29 is 5.48 Å². The minimum Gasteiger partial charge on any atom is -0.412 e. The highest BCUT2D eigenvalue weighted by atomic mass is 31.1. The average Bonchev–Trinajstić information content (AvgIpc) is 2.50. The van der Waals surface area contributed by atoms with E-state index in [0.717, 1.165) is 0 Å². The lowest BCUT2D eigenvalue weighted by Crippen LogP contribution is -1.85. The lowest BCUT2D eigenvalue weighted by atomic mass is 10.1. The molecule has 0 aromatic rings. The van der Waals surface area contributed by atoms with Gasteiger partial charge >= 0.3 is 0 Å². The second-order valence-electron chi connectivity index (χ2n) is 6.70. The number of rotatable bonds is 18. The van der Waals surface area contributed by atoms with Crippen LogP contribution in [-0.4, -0.2) is 17.8 Å². The van der Waals surface area contributed by atoms with Gasteiger partial charge in [0, 0.05) is 0 Å². The third kappa shape index (κ3) is 22.7. The molecule has 0 spiro atoms. The van der Waals surface area contributed by atoms with E-state index in [2.05, 4.69) is 13.8 Å². The third-order valence-electron chi connectivity index (χ3n) is 4.41. The van der Waals surface area contributed by atoms with Crippen molar-refractivity contribution in [3.05, 3.63) is 0 Å². The van der Waals surface area contributed by atoms with Gasteiger partial charge in [-0.1, -0.05) is 104 Å². The topological polar surface area (TPSA) is 31.5 Å². The van der Waals surface area contributed by atoms with E-state index in [1.54, 1.807) is 0 Å². The number of unbranched alkanes of at least 4 members (excludes halogenated alkanes) is 14. The van der Waals surface area contributed by atoms with Crippen molar-refractivity contribution in [1.29, 1.82) is 0 Å². The van der Waals surface area contributed by atoms with Gasteiger partial charge in [-0.25, -0.2) is 0 Å². The van der Waals surface area contributed by atoms with Crippen molar-refractivity contribution in [3.8, 4) is 0 Å². The standard InChI is InChI=1S/C20H43P.H2O/c1-3-5-7-9-10-11-12-13-14-15-16-18-20-21-19-17-8-6-4-2;/h21H,3-20H2,1-2H3;1H2. The normalized spacial score (nSPS) is 11.2. The van der Waals surface area contributed by atoms with Gasteiger partial charge in [0.1, 0.15) is 0 Å². The van der Waals surface area contributed by atoms with Crippen LogP contribution in [0.5, 0.6) is 0 Å². The van der Waals surface area contributed by atoms with Crippen LogP contribution >= 0.6 is 8.58 Å². The second-order valence-corrected chi connectivity index (χ2v) is 8.20. The number of hydrogen-bond acceptors (Lipinski definition) is 0. The van der Waals surface area contributed by atoms with Crippen molar-refractivity contribution in [2.45, 2.75) is 117 Å². The molecule has 0 heterocycles. The van der Waals surface area contributed by atoms with Crippen molar-refractivity contribution in [2.75, 3.05) is 12.3 Å². The summed E-state index contributed by atoms with van der Waals surface area (Å²) in [6.45, 7) is 4.60. The van der Waals surface area contributed by atoms with Gasteiger partial charge in [0.25, 0.3) is 0 Å². The van der Waals surface area contributed by atoms with Gasteiger partial charge in [-0.05, 0) is 25.2 Å². The molecule has 0 fully saturated rings. The van der Waals surface area contributed by atoms with Gasteiger partial charge in [0.15, 0.2) is 0 Å². The Kier molecular flexibility index (Phi) is 26.5. The molecule has 0 bridgehead atoms. The summed E-state index contributed by atoms with van der Waals surface area (Å²) < 4.78 is 0. The average molecular weight is 333 g/mol. The van der Waals surface area contributed by atoms with Crippen molar-refractivity contribution in [2.24, 2.45) is 0 Å². The van der Waals surface area contributed by atoms with Crippen LogP contribution in [0.4, 0.5) is 0 Å². The number of hydrogen-bond donors (Lipinski definition) is 0.